The Morgan fingerprint density at radius 2 is 2.19 bits per heavy atom. The van der Waals surface area contributed by atoms with Gasteiger partial charge in [-0.15, -0.1) is 0 Å². The van der Waals surface area contributed by atoms with Gasteiger partial charge in [-0.1, -0.05) is 0 Å². The third kappa shape index (κ3) is 2.14. The minimum atomic E-state index is 0.467. The molecule has 1 aliphatic rings. The third-order valence-corrected chi connectivity index (χ3v) is 3.62. The second-order valence-corrected chi connectivity index (χ2v) is 5.25. The van der Waals surface area contributed by atoms with Gasteiger partial charge in [0.15, 0.2) is 0 Å². The Morgan fingerprint density at radius 1 is 1.44 bits per heavy atom. The Balaban J connectivity index is 2.19. The summed E-state index contributed by atoms with van der Waals surface area (Å²) in [7, 11) is 0. The van der Waals surface area contributed by atoms with Crippen molar-refractivity contribution < 1.29 is 0 Å². The van der Waals surface area contributed by atoms with Gasteiger partial charge >= 0.3 is 0 Å². The van der Waals surface area contributed by atoms with Crippen molar-refractivity contribution >= 4 is 0 Å². The second kappa shape index (κ2) is 4.58. The van der Waals surface area contributed by atoms with Crippen molar-refractivity contribution in [1.82, 2.24) is 15.1 Å². The molecule has 1 saturated heterocycles. The monoisotopic (exact) mass is 221 g/mol. The maximum atomic E-state index is 4.65. The van der Waals surface area contributed by atoms with Gasteiger partial charge in [-0.3, -0.25) is 4.68 Å². The summed E-state index contributed by atoms with van der Waals surface area (Å²) in [5.74, 6) is 0.808. The highest BCUT2D eigenvalue weighted by Crippen LogP contribution is 2.22. The fourth-order valence-electron chi connectivity index (χ4n) is 2.67. The molecule has 0 radical (unpaired) electrons. The van der Waals surface area contributed by atoms with E-state index in [4.69, 9.17) is 0 Å². The molecule has 0 amide bonds. The maximum Gasteiger partial charge on any atom is 0.0628 e. The van der Waals surface area contributed by atoms with E-state index in [1.807, 2.05) is 0 Å². The maximum absolute atomic E-state index is 4.65. The molecule has 0 spiro atoms. The van der Waals surface area contributed by atoms with Crippen LogP contribution in [0.3, 0.4) is 0 Å². The van der Waals surface area contributed by atoms with E-state index in [2.05, 4.69) is 42.8 Å². The summed E-state index contributed by atoms with van der Waals surface area (Å²) in [5, 5.41) is 8.08. The molecule has 3 heteroatoms. The molecule has 1 unspecified atom stereocenters. The van der Waals surface area contributed by atoms with E-state index >= 15 is 0 Å². The van der Waals surface area contributed by atoms with Crippen molar-refractivity contribution in [1.29, 1.82) is 0 Å². The van der Waals surface area contributed by atoms with Gasteiger partial charge in [-0.25, -0.2) is 0 Å². The van der Waals surface area contributed by atoms with E-state index < -0.39 is 0 Å². The van der Waals surface area contributed by atoms with Crippen molar-refractivity contribution in [3.05, 3.63) is 17.0 Å². The van der Waals surface area contributed by atoms with E-state index in [1.165, 1.54) is 42.9 Å². The van der Waals surface area contributed by atoms with Crippen molar-refractivity contribution in [3.8, 4) is 0 Å². The van der Waals surface area contributed by atoms with Gasteiger partial charge in [0, 0.05) is 11.7 Å². The molecule has 1 fully saturated rings. The Hall–Kier alpha value is -0.830. The van der Waals surface area contributed by atoms with Crippen LogP contribution in [0.1, 0.15) is 43.3 Å². The van der Waals surface area contributed by atoms with Crippen LogP contribution in [0.4, 0.5) is 0 Å². The Labute approximate surface area is 98.2 Å². The first-order valence-electron chi connectivity index (χ1n) is 6.35. The van der Waals surface area contributed by atoms with Gasteiger partial charge in [-0.05, 0) is 65.1 Å². The molecule has 0 bridgehead atoms. The van der Waals surface area contributed by atoms with Crippen LogP contribution in [0, 0.1) is 19.8 Å². The zero-order valence-electron chi connectivity index (χ0n) is 10.9. The number of aryl methyl sites for hydroxylation is 1. The summed E-state index contributed by atoms with van der Waals surface area (Å²) >= 11 is 0. The normalized spacial score (nSPS) is 20.9. The van der Waals surface area contributed by atoms with E-state index in [0.29, 0.717) is 6.04 Å². The summed E-state index contributed by atoms with van der Waals surface area (Å²) in [4.78, 5) is 0. The first-order valence-corrected chi connectivity index (χ1v) is 6.35. The lowest BCUT2D eigenvalue weighted by Gasteiger charge is -2.11. The molecule has 1 atom stereocenters. The van der Waals surface area contributed by atoms with E-state index in [1.54, 1.807) is 0 Å². The highest BCUT2D eigenvalue weighted by Gasteiger charge is 2.20. The number of hydrogen-bond acceptors (Lipinski definition) is 2. The lowest BCUT2D eigenvalue weighted by Crippen LogP contribution is -2.11. The summed E-state index contributed by atoms with van der Waals surface area (Å²) in [5.41, 5.74) is 4.06. The topological polar surface area (TPSA) is 29.9 Å². The average molecular weight is 221 g/mol. The predicted octanol–water partition coefficient (Wildman–Crippen LogP) is 2.23. The number of hydrogen-bond donors (Lipinski definition) is 1. The lowest BCUT2D eigenvalue weighted by atomic mass is 9.97. The molecule has 1 aromatic rings. The van der Waals surface area contributed by atoms with E-state index in [9.17, 15) is 0 Å². The highest BCUT2D eigenvalue weighted by atomic mass is 15.3. The van der Waals surface area contributed by atoms with Gasteiger partial charge in [0.1, 0.15) is 0 Å². The van der Waals surface area contributed by atoms with Crippen molar-refractivity contribution in [3.63, 3.8) is 0 Å². The molecule has 0 aliphatic carbocycles. The van der Waals surface area contributed by atoms with Gasteiger partial charge < -0.3 is 5.32 Å². The third-order valence-electron chi connectivity index (χ3n) is 3.62. The standard InChI is InChI=1S/C13H23N3/c1-9(2)16-11(4)13(10(3)15-16)7-12-5-6-14-8-12/h9,12,14H,5-8H2,1-4H3. The molecule has 90 valence electrons. The minimum Gasteiger partial charge on any atom is -0.316 e. The van der Waals surface area contributed by atoms with Gasteiger partial charge in [0.25, 0.3) is 0 Å². The van der Waals surface area contributed by atoms with Crippen LogP contribution in [0.25, 0.3) is 0 Å². The average Bonchev–Trinajstić information content (AvgIpc) is 2.81. The first-order chi connectivity index (χ1) is 7.59. The van der Waals surface area contributed by atoms with Gasteiger partial charge in [-0.2, -0.15) is 5.10 Å². The predicted molar refractivity (Wildman–Crippen MR) is 66.8 cm³/mol. The van der Waals surface area contributed by atoms with Gasteiger partial charge in [0.2, 0.25) is 0 Å². The Morgan fingerprint density at radius 3 is 2.69 bits per heavy atom. The molecule has 1 aliphatic heterocycles. The van der Waals surface area contributed by atoms with Crippen LogP contribution in [0.15, 0.2) is 0 Å². The quantitative estimate of drug-likeness (QED) is 0.848. The zero-order valence-corrected chi connectivity index (χ0v) is 10.9. The van der Waals surface area contributed by atoms with Crippen LogP contribution < -0.4 is 5.32 Å². The summed E-state index contributed by atoms with van der Waals surface area (Å²) in [6.45, 7) is 11.1. The number of aromatic nitrogens is 2. The van der Waals surface area contributed by atoms with Crippen LogP contribution in [-0.2, 0) is 6.42 Å². The number of nitrogens with one attached hydrogen (secondary N) is 1. The summed E-state index contributed by atoms with van der Waals surface area (Å²) in [6, 6.07) is 0.467. The largest absolute Gasteiger partial charge is 0.316 e. The number of nitrogens with zero attached hydrogens (tertiary/aromatic N) is 2. The molecule has 0 saturated carbocycles. The molecule has 1 aromatic heterocycles. The van der Waals surface area contributed by atoms with Crippen LogP contribution in [-0.4, -0.2) is 22.9 Å². The SMILES string of the molecule is Cc1nn(C(C)C)c(C)c1CC1CCNC1. The molecular weight excluding hydrogens is 198 g/mol. The first kappa shape index (κ1) is 11.6. The highest BCUT2D eigenvalue weighted by molar-refractivity contribution is 5.25. The molecule has 1 N–H and O–H groups in total. The molecule has 0 aromatic carbocycles. The van der Waals surface area contributed by atoms with Gasteiger partial charge in [0.05, 0.1) is 5.69 Å². The number of rotatable bonds is 3. The molecule has 3 nitrogen and oxygen atoms in total. The Bertz CT molecular complexity index is 359. The smallest absolute Gasteiger partial charge is 0.0628 e. The second-order valence-electron chi connectivity index (χ2n) is 5.25. The van der Waals surface area contributed by atoms with Crippen molar-refractivity contribution in [2.75, 3.05) is 13.1 Å². The minimum absolute atomic E-state index is 0.467. The zero-order chi connectivity index (χ0) is 11.7. The van der Waals surface area contributed by atoms with Crippen LogP contribution in [0.5, 0.6) is 0 Å². The molecular formula is C13H23N3. The Kier molecular flexibility index (Phi) is 3.33. The summed E-state index contributed by atoms with van der Waals surface area (Å²) in [6.07, 6.45) is 2.50. The molecule has 2 heterocycles. The van der Waals surface area contributed by atoms with E-state index in [-0.39, 0.29) is 0 Å². The lowest BCUT2D eigenvalue weighted by molar-refractivity contribution is 0.513. The fraction of sp³-hybridized carbons (Fsp3) is 0.769. The van der Waals surface area contributed by atoms with E-state index in [0.717, 1.165) is 5.92 Å². The summed E-state index contributed by atoms with van der Waals surface area (Å²) < 4.78 is 2.16. The van der Waals surface area contributed by atoms with Crippen molar-refractivity contribution in [2.24, 2.45) is 5.92 Å². The van der Waals surface area contributed by atoms with Crippen LogP contribution >= 0.6 is 0 Å². The van der Waals surface area contributed by atoms with Crippen molar-refractivity contribution in [2.45, 2.75) is 46.6 Å². The molecule has 2 rings (SSSR count). The van der Waals surface area contributed by atoms with Crippen LogP contribution in [0.2, 0.25) is 0 Å². The molecule has 16 heavy (non-hydrogen) atoms. The fourth-order valence-corrected chi connectivity index (χ4v) is 2.67.